The van der Waals surface area contributed by atoms with Gasteiger partial charge in [-0.3, -0.25) is 0 Å². The normalized spacial score (nSPS) is 10.4. The van der Waals surface area contributed by atoms with Crippen LogP contribution in [0.25, 0.3) is 0 Å². The Hall–Kier alpha value is -0.960. The molecular formula is C13H8Cl3FO. The molecule has 0 amide bonds. The first kappa shape index (κ1) is 13.5. The minimum absolute atomic E-state index is 0.0803. The van der Waals surface area contributed by atoms with E-state index in [1.54, 1.807) is 24.3 Å². The average molecular weight is 306 g/mol. The highest BCUT2D eigenvalue weighted by molar-refractivity contribution is 6.35. The van der Waals surface area contributed by atoms with E-state index in [-0.39, 0.29) is 11.6 Å². The first-order valence-electron chi connectivity index (χ1n) is 5.08. The van der Waals surface area contributed by atoms with Gasteiger partial charge in [0.05, 0.1) is 10.9 Å². The fraction of sp³-hybridized carbons (Fsp3) is 0.0769. The van der Waals surface area contributed by atoms with Crippen LogP contribution in [-0.2, 0) is 5.88 Å². The van der Waals surface area contributed by atoms with Crippen molar-refractivity contribution in [3.8, 4) is 11.5 Å². The highest BCUT2D eigenvalue weighted by Gasteiger charge is 2.12. The van der Waals surface area contributed by atoms with Crippen molar-refractivity contribution in [2.24, 2.45) is 0 Å². The minimum atomic E-state index is -0.487. The van der Waals surface area contributed by atoms with Gasteiger partial charge in [-0.15, -0.1) is 11.6 Å². The second-order valence-corrected chi connectivity index (χ2v) is 4.65. The largest absolute Gasteiger partial charge is 0.452 e. The molecule has 0 fully saturated rings. The van der Waals surface area contributed by atoms with Crippen molar-refractivity contribution in [1.82, 2.24) is 0 Å². The van der Waals surface area contributed by atoms with Gasteiger partial charge >= 0.3 is 0 Å². The Bertz CT molecular complexity index is 572. The fourth-order valence-corrected chi connectivity index (χ4v) is 2.10. The lowest BCUT2D eigenvalue weighted by molar-refractivity contribution is 0.438. The van der Waals surface area contributed by atoms with Crippen molar-refractivity contribution in [3.05, 3.63) is 57.8 Å². The van der Waals surface area contributed by atoms with E-state index < -0.39 is 5.82 Å². The Morgan fingerprint density at radius 2 is 1.89 bits per heavy atom. The minimum Gasteiger partial charge on any atom is -0.452 e. The van der Waals surface area contributed by atoms with Crippen molar-refractivity contribution < 1.29 is 9.13 Å². The van der Waals surface area contributed by atoms with Crippen LogP contribution >= 0.6 is 34.8 Å². The third-order valence-electron chi connectivity index (χ3n) is 2.30. The van der Waals surface area contributed by atoms with Gasteiger partial charge in [-0.1, -0.05) is 35.3 Å². The van der Waals surface area contributed by atoms with E-state index in [9.17, 15) is 4.39 Å². The van der Waals surface area contributed by atoms with Gasteiger partial charge in [0.2, 0.25) is 0 Å². The molecule has 2 aromatic rings. The van der Waals surface area contributed by atoms with Gasteiger partial charge in [0.25, 0.3) is 0 Å². The number of benzene rings is 2. The third-order valence-corrected chi connectivity index (χ3v) is 3.12. The van der Waals surface area contributed by atoms with E-state index in [0.29, 0.717) is 21.4 Å². The summed E-state index contributed by atoms with van der Waals surface area (Å²) in [6, 6.07) is 9.28. The predicted octanol–water partition coefficient (Wildman–Crippen LogP) is 5.66. The summed E-state index contributed by atoms with van der Waals surface area (Å²) < 4.78 is 19.1. The Kier molecular flexibility index (Phi) is 4.33. The summed E-state index contributed by atoms with van der Waals surface area (Å²) in [6.45, 7) is 0. The number of hydrogen-bond donors (Lipinski definition) is 0. The van der Waals surface area contributed by atoms with E-state index in [1.165, 1.54) is 12.1 Å². The molecule has 0 aliphatic rings. The van der Waals surface area contributed by atoms with Crippen molar-refractivity contribution >= 4 is 34.8 Å². The molecule has 0 unspecified atom stereocenters. The molecule has 0 heterocycles. The van der Waals surface area contributed by atoms with Gasteiger partial charge in [-0.05, 0) is 24.3 Å². The summed E-state index contributed by atoms with van der Waals surface area (Å²) in [5.74, 6) is 0.0756. The predicted molar refractivity (Wildman–Crippen MR) is 72.5 cm³/mol. The Morgan fingerprint density at radius 3 is 2.56 bits per heavy atom. The highest BCUT2D eigenvalue weighted by Crippen LogP contribution is 2.34. The van der Waals surface area contributed by atoms with E-state index in [2.05, 4.69) is 0 Å². The van der Waals surface area contributed by atoms with Gasteiger partial charge in [-0.25, -0.2) is 4.39 Å². The molecule has 0 aromatic heterocycles. The second-order valence-electron chi connectivity index (χ2n) is 3.54. The first-order chi connectivity index (χ1) is 8.61. The van der Waals surface area contributed by atoms with Crippen molar-refractivity contribution in [2.45, 2.75) is 5.88 Å². The van der Waals surface area contributed by atoms with E-state index >= 15 is 0 Å². The number of halogens is 4. The zero-order valence-corrected chi connectivity index (χ0v) is 11.4. The Labute approximate surface area is 119 Å². The number of ether oxygens (including phenoxy) is 1. The molecule has 0 bridgehead atoms. The van der Waals surface area contributed by atoms with Crippen LogP contribution in [0.5, 0.6) is 11.5 Å². The smallest absolute Gasteiger partial charge is 0.167 e. The van der Waals surface area contributed by atoms with Crippen LogP contribution in [0.3, 0.4) is 0 Å². The molecule has 0 radical (unpaired) electrons. The molecule has 2 aromatic carbocycles. The molecular weight excluding hydrogens is 297 g/mol. The van der Waals surface area contributed by atoms with E-state index in [1.807, 2.05) is 0 Å². The molecule has 0 N–H and O–H groups in total. The van der Waals surface area contributed by atoms with Crippen molar-refractivity contribution in [3.63, 3.8) is 0 Å². The molecule has 0 aliphatic heterocycles. The lowest BCUT2D eigenvalue weighted by Gasteiger charge is -2.11. The summed E-state index contributed by atoms with van der Waals surface area (Å²) in [6.07, 6.45) is 0. The summed E-state index contributed by atoms with van der Waals surface area (Å²) in [4.78, 5) is 0. The number of para-hydroxylation sites is 1. The highest BCUT2D eigenvalue weighted by atomic mass is 35.5. The van der Waals surface area contributed by atoms with Gasteiger partial charge in [-0.2, -0.15) is 0 Å². The average Bonchev–Trinajstić information content (AvgIpc) is 2.34. The van der Waals surface area contributed by atoms with Gasteiger partial charge < -0.3 is 4.74 Å². The zero-order chi connectivity index (χ0) is 13.1. The molecule has 0 atom stereocenters. The zero-order valence-electron chi connectivity index (χ0n) is 9.09. The number of alkyl halides is 1. The van der Waals surface area contributed by atoms with Crippen LogP contribution in [0.2, 0.25) is 10.0 Å². The molecule has 0 saturated carbocycles. The maximum atomic E-state index is 13.7. The summed E-state index contributed by atoms with van der Waals surface area (Å²) >= 11 is 17.5. The lowest BCUT2D eigenvalue weighted by atomic mass is 10.2. The van der Waals surface area contributed by atoms with Crippen LogP contribution in [0, 0.1) is 5.82 Å². The summed E-state index contributed by atoms with van der Waals surface area (Å²) in [5.41, 5.74) is 0.558. The topological polar surface area (TPSA) is 9.23 Å². The third kappa shape index (κ3) is 2.89. The molecule has 18 heavy (non-hydrogen) atoms. The molecule has 94 valence electrons. The molecule has 0 saturated heterocycles. The maximum Gasteiger partial charge on any atom is 0.167 e. The lowest BCUT2D eigenvalue weighted by Crippen LogP contribution is -1.93. The van der Waals surface area contributed by atoms with Gasteiger partial charge in [0.1, 0.15) is 5.75 Å². The van der Waals surface area contributed by atoms with Crippen molar-refractivity contribution in [1.29, 1.82) is 0 Å². The number of rotatable bonds is 3. The van der Waals surface area contributed by atoms with Crippen LogP contribution < -0.4 is 4.74 Å². The SMILES string of the molecule is Fc1cccc(CCl)c1Oc1ccc(Cl)cc1Cl. The fourth-order valence-electron chi connectivity index (χ4n) is 1.44. The summed E-state index contributed by atoms with van der Waals surface area (Å²) in [7, 11) is 0. The molecule has 0 aliphatic carbocycles. The van der Waals surface area contributed by atoms with Crippen LogP contribution in [0.15, 0.2) is 36.4 Å². The molecule has 1 nitrogen and oxygen atoms in total. The van der Waals surface area contributed by atoms with Crippen molar-refractivity contribution in [2.75, 3.05) is 0 Å². The molecule has 0 spiro atoms. The summed E-state index contributed by atoms with van der Waals surface area (Å²) in [5, 5.41) is 0.796. The first-order valence-corrected chi connectivity index (χ1v) is 6.37. The Morgan fingerprint density at radius 1 is 1.11 bits per heavy atom. The molecule has 5 heteroatoms. The van der Waals surface area contributed by atoms with Crippen LogP contribution in [0.1, 0.15) is 5.56 Å². The number of hydrogen-bond acceptors (Lipinski definition) is 1. The quantitative estimate of drug-likeness (QED) is 0.664. The van der Waals surface area contributed by atoms with Crippen LogP contribution in [0.4, 0.5) is 4.39 Å². The van der Waals surface area contributed by atoms with Crippen LogP contribution in [-0.4, -0.2) is 0 Å². The maximum absolute atomic E-state index is 13.7. The second kappa shape index (κ2) is 5.79. The van der Waals surface area contributed by atoms with E-state index in [0.717, 1.165) is 0 Å². The van der Waals surface area contributed by atoms with Gasteiger partial charge in [0.15, 0.2) is 11.6 Å². The van der Waals surface area contributed by atoms with Gasteiger partial charge in [0, 0.05) is 10.6 Å². The van der Waals surface area contributed by atoms with E-state index in [4.69, 9.17) is 39.5 Å². The Balaban J connectivity index is 2.39. The monoisotopic (exact) mass is 304 g/mol. The molecule has 2 rings (SSSR count). The standard InChI is InChI=1S/C13H8Cl3FO/c14-7-8-2-1-3-11(17)13(8)18-12-5-4-9(15)6-10(12)16/h1-6H,7H2.